The molecule has 1 N–H and O–H groups in total. The molecule has 2 aromatic rings. The highest BCUT2D eigenvalue weighted by Gasteiger charge is 2.21. The lowest BCUT2D eigenvalue weighted by Gasteiger charge is -2.11. The number of rotatable bonds is 2. The number of hydrogen-bond acceptors (Lipinski definition) is 3. The first kappa shape index (κ1) is 13.9. The SMILES string of the molecule is Cc1cc2c(C)c(C)ccc2c(C(=O)O)c1I(=O)=O. The van der Waals surface area contributed by atoms with Gasteiger partial charge in [0.1, 0.15) is 0 Å². The van der Waals surface area contributed by atoms with E-state index in [2.05, 4.69) is 0 Å². The summed E-state index contributed by atoms with van der Waals surface area (Å²) in [5, 5.41) is 10.6. The van der Waals surface area contributed by atoms with E-state index < -0.39 is 25.8 Å². The van der Waals surface area contributed by atoms with Crippen LogP contribution in [0, 0.1) is 24.3 Å². The lowest BCUT2D eigenvalue weighted by atomic mass is 9.95. The summed E-state index contributed by atoms with van der Waals surface area (Å²) in [4.78, 5) is 11.4. The average molecular weight is 372 g/mol. The van der Waals surface area contributed by atoms with Crippen LogP contribution in [-0.2, 0) is 6.14 Å². The van der Waals surface area contributed by atoms with Gasteiger partial charge >= 0.3 is 25.8 Å². The standard InChI is InChI=1S/C14H13IO4/c1-7-4-5-10-11(9(7)3)6-8(2)13(15(18)19)12(10)14(16)17/h4-6H,1-3H3,(H,16,17). The first-order valence-electron chi connectivity index (χ1n) is 5.66. The number of fused-ring (bicyclic) bond motifs is 1. The van der Waals surface area contributed by atoms with E-state index in [1.54, 1.807) is 19.1 Å². The van der Waals surface area contributed by atoms with Gasteiger partial charge in [0, 0.05) is 0 Å². The van der Waals surface area contributed by atoms with Gasteiger partial charge in [-0.1, -0.05) is 12.1 Å². The number of halogens is 1. The van der Waals surface area contributed by atoms with Gasteiger partial charge in [-0.25, -0.2) is 10.9 Å². The third-order valence-electron chi connectivity index (χ3n) is 3.35. The van der Waals surface area contributed by atoms with Crippen molar-refractivity contribution >= 4 is 36.5 Å². The Kier molecular flexibility index (Phi) is 3.58. The second-order valence-electron chi connectivity index (χ2n) is 4.51. The van der Waals surface area contributed by atoms with E-state index in [0.29, 0.717) is 10.9 Å². The summed E-state index contributed by atoms with van der Waals surface area (Å²) < 4.78 is 22.8. The zero-order valence-electron chi connectivity index (χ0n) is 10.8. The van der Waals surface area contributed by atoms with E-state index in [1.807, 2.05) is 19.9 Å². The van der Waals surface area contributed by atoms with E-state index in [4.69, 9.17) is 0 Å². The van der Waals surface area contributed by atoms with Gasteiger partial charge in [0.2, 0.25) is 0 Å². The van der Waals surface area contributed by atoms with Crippen LogP contribution in [0.5, 0.6) is 0 Å². The molecule has 0 radical (unpaired) electrons. The zero-order valence-corrected chi connectivity index (χ0v) is 12.9. The van der Waals surface area contributed by atoms with E-state index in [-0.39, 0.29) is 9.13 Å². The molecule has 5 heteroatoms. The highest BCUT2D eigenvalue weighted by atomic mass is 127. The van der Waals surface area contributed by atoms with Crippen LogP contribution in [0.25, 0.3) is 10.8 Å². The van der Waals surface area contributed by atoms with Crippen LogP contribution in [-0.4, -0.2) is 11.1 Å². The third kappa shape index (κ3) is 2.22. The fourth-order valence-corrected chi connectivity index (χ4v) is 4.06. The summed E-state index contributed by atoms with van der Waals surface area (Å²) in [6.07, 6.45) is 0. The molecule has 0 spiro atoms. The van der Waals surface area contributed by atoms with Crippen molar-refractivity contribution in [1.29, 1.82) is 0 Å². The molecule has 0 bridgehead atoms. The normalized spacial score (nSPS) is 11.2. The number of aromatic carboxylic acids is 1. The Balaban J connectivity index is 3.10. The number of aryl methyl sites for hydroxylation is 3. The number of carboxylic acid groups (broad SMARTS) is 1. The smallest absolute Gasteiger partial charge is 0.342 e. The first-order valence-corrected chi connectivity index (χ1v) is 8.50. The number of hydrogen-bond donors (Lipinski definition) is 1. The monoisotopic (exact) mass is 372 g/mol. The van der Waals surface area contributed by atoms with Gasteiger partial charge in [0.15, 0.2) is 0 Å². The molecule has 100 valence electrons. The number of benzene rings is 2. The summed E-state index contributed by atoms with van der Waals surface area (Å²) in [6, 6.07) is 5.26. The molecule has 0 aliphatic heterocycles. The van der Waals surface area contributed by atoms with Crippen LogP contribution >= 0.6 is 19.8 Å². The minimum absolute atomic E-state index is 0.00699. The first-order chi connectivity index (χ1) is 8.84. The van der Waals surface area contributed by atoms with Crippen molar-refractivity contribution in [2.24, 2.45) is 0 Å². The average Bonchev–Trinajstić information content (AvgIpc) is 2.32. The maximum absolute atomic E-state index is 11.4. The van der Waals surface area contributed by atoms with Crippen LogP contribution in [0.15, 0.2) is 18.2 Å². The van der Waals surface area contributed by atoms with Crippen LogP contribution in [0.1, 0.15) is 27.0 Å². The molecule has 0 saturated heterocycles. The predicted molar refractivity (Wildman–Crippen MR) is 79.2 cm³/mol. The van der Waals surface area contributed by atoms with Gasteiger partial charge in [-0.15, -0.1) is 0 Å². The Bertz CT molecular complexity index is 765. The Morgan fingerprint density at radius 2 is 1.68 bits per heavy atom. The molecule has 4 nitrogen and oxygen atoms in total. The summed E-state index contributed by atoms with van der Waals surface area (Å²) in [5.41, 5.74) is 2.45. The fraction of sp³-hybridized carbons (Fsp3) is 0.214. The fourth-order valence-electron chi connectivity index (χ4n) is 2.24. The molecular formula is C14H13IO4. The minimum atomic E-state index is -3.86. The van der Waals surface area contributed by atoms with Gasteiger partial charge < -0.3 is 5.11 Å². The van der Waals surface area contributed by atoms with E-state index in [1.165, 1.54) is 0 Å². The molecule has 19 heavy (non-hydrogen) atoms. The molecule has 0 aromatic heterocycles. The number of carbonyl (C=O) groups is 1. The Morgan fingerprint density at radius 3 is 2.21 bits per heavy atom. The number of carboxylic acids is 1. The quantitative estimate of drug-likeness (QED) is 0.814. The summed E-state index contributed by atoms with van der Waals surface area (Å²) in [7, 11) is 0. The summed E-state index contributed by atoms with van der Waals surface area (Å²) in [5.74, 6) is -1.19. The molecule has 0 fully saturated rings. The molecule has 0 heterocycles. The van der Waals surface area contributed by atoms with Crippen molar-refractivity contribution in [1.82, 2.24) is 0 Å². The van der Waals surface area contributed by atoms with Crippen molar-refractivity contribution in [3.8, 4) is 0 Å². The topological polar surface area (TPSA) is 71.4 Å². The van der Waals surface area contributed by atoms with Crippen molar-refractivity contribution in [3.63, 3.8) is 0 Å². The molecule has 0 atom stereocenters. The second kappa shape index (κ2) is 4.88. The highest BCUT2D eigenvalue weighted by molar-refractivity contribution is 14.2. The van der Waals surface area contributed by atoms with Crippen molar-refractivity contribution in [2.45, 2.75) is 20.8 Å². The predicted octanol–water partition coefficient (Wildman–Crippen LogP) is 3.83. The van der Waals surface area contributed by atoms with Crippen molar-refractivity contribution < 1.29 is 16.0 Å². The van der Waals surface area contributed by atoms with Crippen LogP contribution < -0.4 is 0 Å². The molecule has 0 unspecified atom stereocenters. The van der Waals surface area contributed by atoms with Gasteiger partial charge in [-0.05, 0) is 54.3 Å². The van der Waals surface area contributed by atoms with Crippen molar-refractivity contribution in [3.05, 3.63) is 44.0 Å². The van der Waals surface area contributed by atoms with Crippen LogP contribution in [0.3, 0.4) is 0 Å². The maximum Gasteiger partial charge on any atom is 0.342 e. The van der Waals surface area contributed by atoms with E-state index in [0.717, 1.165) is 16.5 Å². The Labute approximate surface area is 117 Å². The molecule has 0 aliphatic carbocycles. The minimum Gasteiger partial charge on any atom is -0.478 e. The summed E-state index contributed by atoms with van der Waals surface area (Å²) in [6.45, 7) is 5.49. The molecule has 2 rings (SSSR count). The lowest BCUT2D eigenvalue weighted by Crippen LogP contribution is -2.04. The van der Waals surface area contributed by atoms with Crippen LogP contribution in [0.2, 0.25) is 0 Å². The van der Waals surface area contributed by atoms with E-state index in [9.17, 15) is 16.0 Å². The third-order valence-corrected chi connectivity index (χ3v) is 5.62. The second-order valence-corrected chi connectivity index (χ2v) is 6.83. The molecule has 0 aliphatic rings. The molecule has 0 amide bonds. The maximum atomic E-state index is 11.4. The molecular weight excluding hydrogens is 359 g/mol. The summed E-state index contributed by atoms with van der Waals surface area (Å²) >= 11 is -3.86. The largest absolute Gasteiger partial charge is 0.478 e. The Hall–Kier alpha value is -1.50. The highest BCUT2D eigenvalue weighted by Crippen LogP contribution is 2.34. The van der Waals surface area contributed by atoms with Gasteiger partial charge in [0.25, 0.3) is 0 Å². The van der Waals surface area contributed by atoms with Crippen molar-refractivity contribution in [2.75, 3.05) is 0 Å². The lowest BCUT2D eigenvalue weighted by molar-refractivity contribution is 0.0697. The molecule has 0 saturated carbocycles. The Morgan fingerprint density at radius 1 is 1.05 bits per heavy atom. The van der Waals surface area contributed by atoms with Gasteiger partial charge in [0.05, 0.1) is 9.13 Å². The van der Waals surface area contributed by atoms with Crippen LogP contribution in [0.4, 0.5) is 0 Å². The van der Waals surface area contributed by atoms with Gasteiger partial charge in [-0.2, -0.15) is 0 Å². The molecule has 2 aromatic carbocycles. The van der Waals surface area contributed by atoms with E-state index >= 15 is 0 Å². The van der Waals surface area contributed by atoms with Gasteiger partial charge in [-0.3, -0.25) is 0 Å². The zero-order chi connectivity index (χ0) is 14.3.